The van der Waals surface area contributed by atoms with Crippen molar-refractivity contribution in [1.82, 2.24) is 4.57 Å². The monoisotopic (exact) mass is 514 g/mol. The normalized spacial score (nSPS) is 19.1. The Balaban J connectivity index is 1.68. The van der Waals surface area contributed by atoms with Gasteiger partial charge in [-0.3, -0.25) is 9.36 Å². The molecule has 3 aromatic rings. The predicted octanol–water partition coefficient (Wildman–Crippen LogP) is 4.74. The van der Waals surface area contributed by atoms with Gasteiger partial charge in [-0.25, -0.2) is 9.79 Å². The first-order valence-electron chi connectivity index (χ1n) is 12.5. The standard InChI is InChI=1S/C30H30N2O4S/c1-6-35-29(34)26-18(4)31-30-32(27(26)21-13-11-20(12-14-21)17(2)3)28(33)25(37-30)16-23-15-22-9-7-8-10-24(22)36-19(23)5/h7-17,19,27H,6H2,1-5H3/b25-16+/t19-,27+/m1/s1. The van der Waals surface area contributed by atoms with Crippen molar-refractivity contribution in [2.45, 2.75) is 52.7 Å². The Kier molecular flexibility index (Phi) is 6.73. The van der Waals surface area contributed by atoms with Gasteiger partial charge in [-0.05, 0) is 61.6 Å². The average Bonchev–Trinajstić information content (AvgIpc) is 3.18. The summed E-state index contributed by atoms with van der Waals surface area (Å²) in [6.45, 7) is 10.1. The van der Waals surface area contributed by atoms with Crippen molar-refractivity contribution in [3.8, 4) is 5.75 Å². The van der Waals surface area contributed by atoms with E-state index in [1.54, 1.807) is 18.4 Å². The van der Waals surface area contributed by atoms with Crippen molar-refractivity contribution in [1.29, 1.82) is 0 Å². The third kappa shape index (κ3) is 4.60. The van der Waals surface area contributed by atoms with Crippen molar-refractivity contribution >= 4 is 29.5 Å². The van der Waals surface area contributed by atoms with Gasteiger partial charge in [0.05, 0.1) is 28.5 Å². The van der Waals surface area contributed by atoms with E-state index >= 15 is 0 Å². The van der Waals surface area contributed by atoms with Crippen molar-refractivity contribution in [3.05, 3.63) is 102 Å². The molecule has 2 aliphatic rings. The quantitative estimate of drug-likeness (QED) is 0.462. The number of hydrogen-bond acceptors (Lipinski definition) is 6. The molecule has 0 amide bonds. The Bertz CT molecular complexity index is 1610. The number of fused-ring (bicyclic) bond motifs is 2. The first-order valence-corrected chi connectivity index (χ1v) is 13.4. The summed E-state index contributed by atoms with van der Waals surface area (Å²) in [5, 5.41) is 0. The maximum absolute atomic E-state index is 13.9. The summed E-state index contributed by atoms with van der Waals surface area (Å²) < 4.78 is 13.6. The fourth-order valence-electron chi connectivity index (χ4n) is 4.74. The van der Waals surface area contributed by atoms with E-state index in [4.69, 9.17) is 9.47 Å². The van der Waals surface area contributed by atoms with E-state index < -0.39 is 12.0 Å². The van der Waals surface area contributed by atoms with E-state index in [1.807, 2.05) is 49.4 Å². The lowest BCUT2D eigenvalue weighted by molar-refractivity contribution is -0.139. The minimum Gasteiger partial charge on any atom is -0.485 e. The van der Waals surface area contributed by atoms with E-state index in [9.17, 15) is 9.59 Å². The Morgan fingerprint density at radius 1 is 1.19 bits per heavy atom. The number of carbonyl (C=O) groups excluding carboxylic acids is 1. The first-order chi connectivity index (χ1) is 17.8. The molecule has 0 bridgehead atoms. The lowest BCUT2D eigenvalue weighted by atomic mass is 9.93. The van der Waals surface area contributed by atoms with E-state index in [0.29, 0.717) is 26.5 Å². The molecule has 6 nitrogen and oxygen atoms in total. The van der Waals surface area contributed by atoms with Crippen LogP contribution in [0.25, 0.3) is 12.2 Å². The molecule has 2 aliphatic heterocycles. The van der Waals surface area contributed by atoms with Crippen LogP contribution in [0.1, 0.15) is 63.3 Å². The molecule has 3 heterocycles. The van der Waals surface area contributed by atoms with Crippen molar-refractivity contribution in [2.24, 2.45) is 4.99 Å². The minimum atomic E-state index is -0.617. The van der Waals surface area contributed by atoms with Gasteiger partial charge in [0.15, 0.2) is 4.80 Å². The Morgan fingerprint density at radius 3 is 2.62 bits per heavy atom. The number of aromatic nitrogens is 1. The Hall–Kier alpha value is -3.71. The van der Waals surface area contributed by atoms with Crippen LogP contribution in [0.3, 0.4) is 0 Å². The van der Waals surface area contributed by atoms with Gasteiger partial charge in [0.1, 0.15) is 11.9 Å². The molecule has 0 saturated carbocycles. The highest BCUT2D eigenvalue weighted by molar-refractivity contribution is 7.07. The van der Waals surface area contributed by atoms with Crippen molar-refractivity contribution < 1.29 is 14.3 Å². The predicted molar refractivity (Wildman–Crippen MR) is 146 cm³/mol. The van der Waals surface area contributed by atoms with Crippen LogP contribution in [0.4, 0.5) is 0 Å². The van der Waals surface area contributed by atoms with Crippen molar-refractivity contribution in [3.63, 3.8) is 0 Å². The zero-order valence-corrected chi connectivity index (χ0v) is 22.5. The van der Waals surface area contributed by atoms with Gasteiger partial charge in [-0.15, -0.1) is 0 Å². The highest BCUT2D eigenvalue weighted by atomic mass is 32.1. The maximum Gasteiger partial charge on any atom is 0.338 e. The number of ether oxygens (including phenoxy) is 2. The highest BCUT2D eigenvalue weighted by Crippen LogP contribution is 2.32. The molecule has 2 aromatic carbocycles. The van der Waals surface area contributed by atoms with Gasteiger partial charge < -0.3 is 9.47 Å². The van der Waals surface area contributed by atoms with Gasteiger partial charge in [0, 0.05) is 5.56 Å². The number of hydrogen-bond donors (Lipinski definition) is 0. The first kappa shape index (κ1) is 25.0. The molecule has 5 rings (SSSR count). The summed E-state index contributed by atoms with van der Waals surface area (Å²) in [6, 6.07) is 15.3. The summed E-state index contributed by atoms with van der Waals surface area (Å²) in [7, 11) is 0. The minimum absolute atomic E-state index is 0.192. The van der Waals surface area contributed by atoms with E-state index in [-0.39, 0.29) is 18.3 Å². The molecule has 0 N–H and O–H groups in total. The fourth-order valence-corrected chi connectivity index (χ4v) is 5.79. The highest BCUT2D eigenvalue weighted by Gasteiger charge is 2.33. The number of esters is 1. The molecule has 2 atom stereocenters. The van der Waals surface area contributed by atoms with Crippen LogP contribution in [0, 0.1) is 0 Å². The van der Waals surface area contributed by atoms with E-state index in [2.05, 4.69) is 37.0 Å². The molecule has 1 aromatic heterocycles. The van der Waals surface area contributed by atoms with Gasteiger partial charge >= 0.3 is 5.97 Å². The zero-order chi connectivity index (χ0) is 26.3. The second kappa shape index (κ2) is 9.98. The average molecular weight is 515 g/mol. The molecule has 0 saturated heterocycles. The van der Waals surface area contributed by atoms with Crippen LogP contribution in [-0.2, 0) is 9.53 Å². The molecule has 7 heteroatoms. The molecular formula is C30H30N2O4S. The van der Waals surface area contributed by atoms with Crippen LogP contribution in [-0.4, -0.2) is 23.2 Å². The summed E-state index contributed by atoms with van der Waals surface area (Å²) in [4.78, 5) is 32.2. The second-order valence-electron chi connectivity index (χ2n) is 9.57. The number of thiazole rings is 1. The third-order valence-corrected chi connectivity index (χ3v) is 7.73. The molecule has 37 heavy (non-hydrogen) atoms. The molecule has 190 valence electrons. The SMILES string of the molecule is CCOC(=O)C1=C(C)N=c2s/c(=C/C3=Cc4ccccc4O[C@@H]3C)c(=O)n2[C@H]1c1ccc(C(C)C)cc1. The smallest absolute Gasteiger partial charge is 0.338 e. The summed E-state index contributed by atoms with van der Waals surface area (Å²) in [6.07, 6.45) is 3.73. The van der Waals surface area contributed by atoms with Crippen molar-refractivity contribution in [2.75, 3.05) is 6.61 Å². The zero-order valence-electron chi connectivity index (χ0n) is 21.6. The van der Waals surface area contributed by atoms with Crippen LogP contribution in [0.5, 0.6) is 5.75 Å². The molecular weight excluding hydrogens is 484 g/mol. The summed E-state index contributed by atoms with van der Waals surface area (Å²) in [5.41, 5.74) is 4.67. The topological polar surface area (TPSA) is 69.9 Å². The third-order valence-electron chi connectivity index (χ3n) is 6.75. The largest absolute Gasteiger partial charge is 0.485 e. The lowest BCUT2D eigenvalue weighted by Gasteiger charge is -2.25. The van der Waals surface area contributed by atoms with Gasteiger partial charge in [-0.2, -0.15) is 0 Å². The summed E-state index contributed by atoms with van der Waals surface area (Å²) in [5.74, 6) is 0.744. The molecule has 0 aliphatic carbocycles. The lowest BCUT2D eigenvalue weighted by Crippen LogP contribution is -2.40. The number of carbonyl (C=O) groups is 1. The summed E-state index contributed by atoms with van der Waals surface area (Å²) >= 11 is 1.32. The van der Waals surface area contributed by atoms with Crippen LogP contribution < -0.4 is 19.6 Å². The Labute approximate surface area is 219 Å². The van der Waals surface area contributed by atoms with Gasteiger partial charge in [0.25, 0.3) is 5.56 Å². The number of nitrogens with zero attached hydrogens (tertiary/aromatic N) is 2. The van der Waals surface area contributed by atoms with Crippen LogP contribution in [0.2, 0.25) is 0 Å². The molecule has 0 radical (unpaired) electrons. The second-order valence-corrected chi connectivity index (χ2v) is 10.6. The molecule has 0 fully saturated rings. The van der Waals surface area contributed by atoms with Gasteiger partial charge in [-0.1, -0.05) is 67.6 Å². The molecule has 0 unspecified atom stereocenters. The number of rotatable bonds is 5. The van der Waals surface area contributed by atoms with E-state index in [0.717, 1.165) is 22.4 Å². The number of para-hydroxylation sites is 1. The van der Waals surface area contributed by atoms with E-state index in [1.165, 1.54) is 16.9 Å². The van der Waals surface area contributed by atoms with Gasteiger partial charge in [0.2, 0.25) is 0 Å². The van der Waals surface area contributed by atoms with Crippen LogP contribution >= 0.6 is 11.3 Å². The molecule has 0 spiro atoms. The Morgan fingerprint density at radius 2 is 1.92 bits per heavy atom. The fraction of sp³-hybridized carbons (Fsp3) is 0.300. The van der Waals surface area contributed by atoms with Crippen LogP contribution in [0.15, 0.2) is 75.2 Å². The number of allylic oxidation sites excluding steroid dienone is 1. The maximum atomic E-state index is 13.9. The number of benzene rings is 2.